The Balaban J connectivity index is 1.35. The van der Waals surface area contributed by atoms with Gasteiger partial charge in [-0.15, -0.1) is 0 Å². The summed E-state index contributed by atoms with van der Waals surface area (Å²) in [4.78, 5) is 30.1. The summed E-state index contributed by atoms with van der Waals surface area (Å²) in [6, 6.07) is 3.86. The maximum Gasteiger partial charge on any atom is 0.257 e. The van der Waals surface area contributed by atoms with Crippen LogP contribution in [0.25, 0.3) is 0 Å². The Kier molecular flexibility index (Phi) is 5.77. The lowest BCUT2D eigenvalue weighted by molar-refractivity contribution is -0.121. The van der Waals surface area contributed by atoms with Crippen LogP contribution in [0.3, 0.4) is 0 Å². The first-order chi connectivity index (χ1) is 12.2. The summed E-state index contributed by atoms with van der Waals surface area (Å²) >= 11 is 0. The lowest BCUT2D eigenvalue weighted by Gasteiger charge is -2.31. The smallest absolute Gasteiger partial charge is 0.257 e. The number of hydrogen-bond donors (Lipinski definition) is 2. The molecule has 0 bridgehead atoms. The van der Waals surface area contributed by atoms with Gasteiger partial charge in [-0.05, 0) is 42.9 Å². The number of H-pyrrole nitrogens is 1. The third-order valence-corrected chi connectivity index (χ3v) is 4.62. The topological polar surface area (TPSA) is 91.0 Å². The molecule has 0 radical (unpaired) electrons. The number of carbonyl (C=O) groups is 2. The van der Waals surface area contributed by atoms with Gasteiger partial charge in [0.25, 0.3) is 5.91 Å². The minimum Gasteiger partial charge on any atom is -0.356 e. The standard InChI is InChI=1S/C18H23N5O2/c24-17(2-1-14-3-7-19-8-4-14)20-11-15-5-9-23(10-6-15)18(25)16-12-21-22-13-16/h3-4,7-8,12-13,15H,1-2,5-6,9-11H2,(H,20,24)(H,21,22). The highest BCUT2D eigenvalue weighted by atomic mass is 16.2. The van der Waals surface area contributed by atoms with E-state index in [1.54, 1.807) is 24.8 Å². The molecule has 2 N–H and O–H groups in total. The second kappa shape index (κ2) is 8.41. The van der Waals surface area contributed by atoms with Gasteiger partial charge in [0.1, 0.15) is 0 Å². The molecule has 1 aliphatic heterocycles. The summed E-state index contributed by atoms with van der Waals surface area (Å²) in [6.07, 6.45) is 9.70. The maximum atomic E-state index is 12.2. The van der Waals surface area contributed by atoms with E-state index in [0.717, 1.165) is 37.9 Å². The predicted octanol–water partition coefficient (Wildman–Crippen LogP) is 1.41. The minimum absolute atomic E-state index is 0.0218. The zero-order valence-corrected chi connectivity index (χ0v) is 14.1. The number of piperidine rings is 1. The molecule has 1 fully saturated rings. The molecule has 3 heterocycles. The van der Waals surface area contributed by atoms with Crippen LogP contribution in [0.1, 0.15) is 35.2 Å². The van der Waals surface area contributed by atoms with E-state index in [1.165, 1.54) is 0 Å². The van der Waals surface area contributed by atoms with Gasteiger partial charge in [0.2, 0.25) is 5.91 Å². The van der Waals surface area contributed by atoms with E-state index < -0.39 is 0 Å². The molecule has 0 atom stereocenters. The third-order valence-electron chi connectivity index (χ3n) is 4.62. The number of aromatic nitrogens is 3. The number of rotatable bonds is 6. The molecule has 1 saturated heterocycles. The normalized spacial score (nSPS) is 15.1. The van der Waals surface area contributed by atoms with E-state index >= 15 is 0 Å². The summed E-state index contributed by atoms with van der Waals surface area (Å²) < 4.78 is 0. The molecule has 2 aromatic heterocycles. The van der Waals surface area contributed by atoms with E-state index in [9.17, 15) is 9.59 Å². The van der Waals surface area contributed by atoms with Gasteiger partial charge in [0.15, 0.2) is 0 Å². The molecule has 2 amide bonds. The highest BCUT2D eigenvalue weighted by molar-refractivity contribution is 5.93. The van der Waals surface area contributed by atoms with Gasteiger partial charge in [-0.1, -0.05) is 0 Å². The van der Waals surface area contributed by atoms with Crippen molar-refractivity contribution in [3.63, 3.8) is 0 Å². The van der Waals surface area contributed by atoms with Gasteiger partial charge in [0.05, 0.1) is 11.8 Å². The van der Waals surface area contributed by atoms with Crippen molar-refractivity contribution in [2.24, 2.45) is 5.92 Å². The molecular weight excluding hydrogens is 318 g/mol. The SMILES string of the molecule is O=C(CCc1ccncc1)NCC1CCN(C(=O)c2cn[nH]c2)CC1. The van der Waals surface area contributed by atoms with Crippen molar-refractivity contribution in [3.05, 3.63) is 48.0 Å². The number of carbonyl (C=O) groups excluding carboxylic acids is 2. The lowest BCUT2D eigenvalue weighted by Crippen LogP contribution is -2.41. The second-order valence-corrected chi connectivity index (χ2v) is 6.38. The molecule has 7 heteroatoms. The van der Waals surface area contributed by atoms with Crippen LogP contribution in [0.15, 0.2) is 36.9 Å². The maximum absolute atomic E-state index is 12.2. The van der Waals surface area contributed by atoms with Gasteiger partial charge in [-0.3, -0.25) is 19.7 Å². The molecule has 1 aliphatic rings. The number of nitrogens with zero attached hydrogens (tertiary/aromatic N) is 3. The van der Waals surface area contributed by atoms with E-state index in [1.807, 2.05) is 17.0 Å². The number of likely N-dealkylation sites (tertiary alicyclic amines) is 1. The van der Waals surface area contributed by atoms with E-state index in [-0.39, 0.29) is 11.8 Å². The Morgan fingerprint density at radius 2 is 2.00 bits per heavy atom. The fourth-order valence-corrected chi connectivity index (χ4v) is 3.04. The molecule has 132 valence electrons. The summed E-state index contributed by atoms with van der Waals surface area (Å²) in [5.74, 6) is 0.528. The van der Waals surface area contributed by atoms with Crippen molar-refractivity contribution in [1.29, 1.82) is 0 Å². The predicted molar refractivity (Wildman–Crippen MR) is 92.8 cm³/mol. The number of amides is 2. The Hall–Kier alpha value is -2.70. The van der Waals surface area contributed by atoms with Crippen LogP contribution in [0.4, 0.5) is 0 Å². The van der Waals surface area contributed by atoms with Crippen LogP contribution >= 0.6 is 0 Å². The molecule has 0 saturated carbocycles. The van der Waals surface area contributed by atoms with Crippen molar-refractivity contribution in [1.82, 2.24) is 25.4 Å². The molecule has 2 aromatic rings. The highest BCUT2D eigenvalue weighted by Gasteiger charge is 2.24. The van der Waals surface area contributed by atoms with Crippen molar-refractivity contribution in [3.8, 4) is 0 Å². The van der Waals surface area contributed by atoms with Gasteiger partial charge in [0, 0.05) is 44.6 Å². The fourth-order valence-electron chi connectivity index (χ4n) is 3.04. The molecule has 0 aromatic carbocycles. The Morgan fingerprint density at radius 3 is 2.68 bits per heavy atom. The Labute approximate surface area is 146 Å². The molecule has 0 spiro atoms. The number of aryl methyl sites for hydroxylation is 1. The van der Waals surface area contributed by atoms with Crippen LogP contribution < -0.4 is 5.32 Å². The van der Waals surface area contributed by atoms with E-state index in [4.69, 9.17) is 0 Å². The first kappa shape index (κ1) is 17.1. The fraction of sp³-hybridized carbons (Fsp3) is 0.444. The van der Waals surface area contributed by atoms with Crippen LogP contribution in [0, 0.1) is 5.92 Å². The van der Waals surface area contributed by atoms with Crippen molar-refractivity contribution in [2.45, 2.75) is 25.7 Å². The number of hydrogen-bond acceptors (Lipinski definition) is 4. The van der Waals surface area contributed by atoms with Crippen LogP contribution in [-0.4, -0.2) is 51.5 Å². The average Bonchev–Trinajstić information content (AvgIpc) is 3.20. The van der Waals surface area contributed by atoms with Crippen molar-refractivity contribution >= 4 is 11.8 Å². The summed E-state index contributed by atoms with van der Waals surface area (Å²) in [6.45, 7) is 2.13. The number of pyridine rings is 1. The third kappa shape index (κ3) is 4.89. The van der Waals surface area contributed by atoms with Gasteiger partial charge >= 0.3 is 0 Å². The van der Waals surface area contributed by atoms with Gasteiger partial charge in [-0.25, -0.2) is 0 Å². The van der Waals surface area contributed by atoms with E-state index in [0.29, 0.717) is 24.4 Å². The molecule has 7 nitrogen and oxygen atoms in total. The minimum atomic E-state index is 0.0218. The largest absolute Gasteiger partial charge is 0.356 e. The van der Waals surface area contributed by atoms with Crippen molar-refractivity contribution in [2.75, 3.05) is 19.6 Å². The quantitative estimate of drug-likeness (QED) is 0.831. The lowest BCUT2D eigenvalue weighted by atomic mass is 9.96. The van der Waals surface area contributed by atoms with Gasteiger partial charge in [-0.2, -0.15) is 5.10 Å². The Morgan fingerprint density at radius 1 is 1.24 bits per heavy atom. The summed E-state index contributed by atoms with van der Waals surface area (Å²) in [5, 5.41) is 9.51. The zero-order valence-electron chi connectivity index (χ0n) is 14.1. The van der Waals surface area contributed by atoms with Crippen LogP contribution in [0.2, 0.25) is 0 Å². The Bertz CT molecular complexity index is 679. The molecule has 0 aliphatic carbocycles. The molecule has 25 heavy (non-hydrogen) atoms. The average molecular weight is 341 g/mol. The molecule has 0 unspecified atom stereocenters. The highest BCUT2D eigenvalue weighted by Crippen LogP contribution is 2.18. The molecular formula is C18H23N5O2. The van der Waals surface area contributed by atoms with E-state index in [2.05, 4.69) is 20.5 Å². The molecule has 3 rings (SSSR count). The monoisotopic (exact) mass is 341 g/mol. The zero-order chi connectivity index (χ0) is 17.5. The first-order valence-corrected chi connectivity index (χ1v) is 8.66. The summed E-state index contributed by atoms with van der Waals surface area (Å²) in [5.41, 5.74) is 1.72. The summed E-state index contributed by atoms with van der Waals surface area (Å²) in [7, 11) is 0. The second-order valence-electron chi connectivity index (χ2n) is 6.38. The first-order valence-electron chi connectivity index (χ1n) is 8.66. The van der Waals surface area contributed by atoms with Crippen LogP contribution in [-0.2, 0) is 11.2 Å². The number of aromatic amines is 1. The van der Waals surface area contributed by atoms with Crippen molar-refractivity contribution < 1.29 is 9.59 Å². The van der Waals surface area contributed by atoms with Crippen LogP contribution in [0.5, 0.6) is 0 Å². The number of nitrogens with one attached hydrogen (secondary N) is 2. The van der Waals surface area contributed by atoms with Gasteiger partial charge < -0.3 is 10.2 Å².